The van der Waals surface area contributed by atoms with Crippen molar-refractivity contribution in [1.82, 2.24) is 0 Å². The van der Waals surface area contributed by atoms with Crippen LogP contribution >= 0.6 is 0 Å². The number of allylic oxidation sites excluding steroid dienone is 4. The molecule has 0 aromatic rings. The van der Waals surface area contributed by atoms with Crippen LogP contribution in [-0.2, 0) is 28.6 Å². The van der Waals surface area contributed by atoms with Crippen molar-refractivity contribution < 1.29 is 28.6 Å². The lowest BCUT2D eigenvalue weighted by atomic mass is 10.1. The lowest BCUT2D eigenvalue weighted by Crippen LogP contribution is -2.30. The monoisotopic (exact) mass is 803 g/mol. The number of ether oxygens (including phenoxy) is 3. The maximum Gasteiger partial charge on any atom is 0.306 e. The second kappa shape index (κ2) is 46.6. The maximum atomic E-state index is 12.7. The molecule has 0 N–H and O–H groups in total. The minimum absolute atomic E-state index is 0.0738. The van der Waals surface area contributed by atoms with E-state index in [1.807, 2.05) is 0 Å². The number of carbonyl (C=O) groups excluding carboxylic acids is 3. The third-order valence-corrected chi connectivity index (χ3v) is 10.9. The molecule has 0 radical (unpaired) electrons. The van der Waals surface area contributed by atoms with Crippen LogP contribution in [-0.4, -0.2) is 37.2 Å². The average Bonchev–Trinajstić information content (AvgIpc) is 3.21. The summed E-state index contributed by atoms with van der Waals surface area (Å²) >= 11 is 0. The molecule has 0 heterocycles. The predicted octanol–water partition coefficient (Wildman–Crippen LogP) is 16.0. The van der Waals surface area contributed by atoms with Crippen molar-refractivity contribution in [2.45, 2.75) is 271 Å². The summed E-state index contributed by atoms with van der Waals surface area (Å²) < 4.78 is 16.7. The molecule has 0 fully saturated rings. The van der Waals surface area contributed by atoms with Crippen LogP contribution in [0.4, 0.5) is 0 Å². The number of unbranched alkanes of at least 4 members (excludes halogenated alkanes) is 30. The molecule has 6 nitrogen and oxygen atoms in total. The van der Waals surface area contributed by atoms with Crippen molar-refractivity contribution in [2.75, 3.05) is 13.2 Å². The summed E-state index contributed by atoms with van der Waals surface area (Å²) in [5.41, 5.74) is 0. The van der Waals surface area contributed by atoms with Gasteiger partial charge in [-0.1, -0.05) is 199 Å². The molecule has 0 aliphatic carbocycles. The molecule has 57 heavy (non-hydrogen) atoms. The van der Waals surface area contributed by atoms with Crippen LogP contribution < -0.4 is 0 Å². The van der Waals surface area contributed by atoms with Gasteiger partial charge >= 0.3 is 17.9 Å². The zero-order chi connectivity index (χ0) is 41.5. The van der Waals surface area contributed by atoms with Crippen molar-refractivity contribution in [3.05, 3.63) is 24.3 Å². The lowest BCUT2D eigenvalue weighted by Gasteiger charge is -2.18. The Morgan fingerprint density at radius 2 is 0.579 bits per heavy atom. The van der Waals surface area contributed by atoms with Gasteiger partial charge in [-0.15, -0.1) is 0 Å². The van der Waals surface area contributed by atoms with E-state index in [0.717, 1.165) is 64.2 Å². The van der Waals surface area contributed by atoms with Gasteiger partial charge in [0.05, 0.1) is 0 Å². The number of rotatable bonds is 45. The molecule has 0 bridgehead atoms. The molecule has 0 amide bonds. The van der Waals surface area contributed by atoms with E-state index in [2.05, 4.69) is 45.1 Å². The number of carbonyl (C=O) groups is 3. The summed E-state index contributed by atoms with van der Waals surface area (Å²) in [4.78, 5) is 37.7. The highest BCUT2D eigenvalue weighted by Gasteiger charge is 2.19. The molecular weight excluding hydrogens is 709 g/mol. The lowest BCUT2D eigenvalue weighted by molar-refractivity contribution is -0.167. The fourth-order valence-corrected chi connectivity index (χ4v) is 7.14. The summed E-state index contributed by atoms with van der Waals surface area (Å²) in [6.45, 7) is 6.59. The van der Waals surface area contributed by atoms with E-state index in [4.69, 9.17) is 14.2 Å². The van der Waals surface area contributed by atoms with Crippen molar-refractivity contribution in [1.29, 1.82) is 0 Å². The van der Waals surface area contributed by atoms with Gasteiger partial charge in [0.1, 0.15) is 13.2 Å². The number of esters is 3. The van der Waals surface area contributed by atoms with Gasteiger partial charge in [-0.2, -0.15) is 0 Å². The van der Waals surface area contributed by atoms with Crippen LogP contribution in [0.3, 0.4) is 0 Å². The molecule has 0 saturated heterocycles. The van der Waals surface area contributed by atoms with E-state index in [1.165, 1.54) is 161 Å². The molecule has 334 valence electrons. The molecule has 0 rings (SSSR count). The van der Waals surface area contributed by atoms with Gasteiger partial charge in [0.2, 0.25) is 0 Å². The average molecular weight is 803 g/mol. The smallest absolute Gasteiger partial charge is 0.306 e. The topological polar surface area (TPSA) is 78.9 Å². The fourth-order valence-electron chi connectivity index (χ4n) is 7.14. The van der Waals surface area contributed by atoms with Crippen LogP contribution in [0.15, 0.2) is 24.3 Å². The highest BCUT2D eigenvalue weighted by molar-refractivity contribution is 5.71. The van der Waals surface area contributed by atoms with Gasteiger partial charge in [-0.05, 0) is 70.6 Å². The Morgan fingerprint density at radius 1 is 0.333 bits per heavy atom. The first-order chi connectivity index (χ1) is 28.0. The Hall–Kier alpha value is -2.11. The van der Waals surface area contributed by atoms with Crippen LogP contribution in [0.5, 0.6) is 0 Å². The van der Waals surface area contributed by atoms with Gasteiger partial charge in [0.15, 0.2) is 6.10 Å². The van der Waals surface area contributed by atoms with E-state index in [9.17, 15) is 14.4 Å². The molecule has 0 aromatic heterocycles. The third-order valence-electron chi connectivity index (χ3n) is 10.9. The molecule has 0 aliphatic rings. The summed E-state index contributed by atoms with van der Waals surface area (Å²) in [6.07, 6.45) is 51.7. The first kappa shape index (κ1) is 54.9. The molecule has 1 unspecified atom stereocenters. The van der Waals surface area contributed by atoms with E-state index >= 15 is 0 Å². The van der Waals surface area contributed by atoms with Crippen LogP contribution in [0.1, 0.15) is 265 Å². The molecule has 1 atom stereocenters. The Morgan fingerprint density at radius 3 is 0.877 bits per heavy atom. The Labute approximate surface area is 353 Å². The minimum Gasteiger partial charge on any atom is -0.462 e. The van der Waals surface area contributed by atoms with Crippen molar-refractivity contribution >= 4 is 17.9 Å². The van der Waals surface area contributed by atoms with Crippen LogP contribution in [0.2, 0.25) is 0 Å². The third kappa shape index (κ3) is 44.8. The quantitative estimate of drug-likeness (QED) is 0.0264. The maximum absolute atomic E-state index is 12.7. The van der Waals surface area contributed by atoms with Crippen LogP contribution in [0, 0.1) is 0 Å². The zero-order valence-corrected chi connectivity index (χ0v) is 38.1. The standard InChI is InChI=1S/C51H94O6/c1-4-7-10-13-16-18-20-22-24-25-27-28-30-32-35-38-41-44-50(53)56-47-48(46-55-49(52)43-40-37-34-15-12-9-6-3)57-51(54)45-42-39-36-33-31-29-26-23-21-19-17-14-11-8-5-2/h22-24,26,48H,4-21,25,27-47H2,1-3H3/b24-22-,26-23-. The highest BCUT2D eigenvalue weighted by Crippen LogP contribution is 2.14. The first-order valence-corrected chi connectivity index (χ1v) is 24.8. The second-order valence-electron chi connectivity index (χ2n) is 16.7. The van der Waals surface area contributed by atoms with E-state index < -0.39 is 6.10 Å². The van der Waals surface area contributed by atoms with Crippen molar-refractivity contribution in [3.63, 3.8) is 0 Å². The molecule has 0 aliphatic heterocycles. The van der Waals surface area contributed by atoms with Crippen molar-refractivity contribution in [3.8, 4) is 0 Å². The largest absolute Gasteiger partial charge is 0.462 e. The summed E-state index contributed by atoms with van der Waals surface area (Å²) in [7, 11) is 0. The van der Waals surface area contributed by atoms with E-state index in [1.54, 1.807) is 0 Å². The van der Waals surface area contributed by atoms with E-state index in [0.29, 0.717) is 19.3 Å². The summed E-state index contributed by atoms with van der Waals surface area (Å²) in [5, 5.41) is 0. The minimum atomic E-state index is -0.770. The van der Waals surface area contributed by atoms with Gasteiger partial charge in [-0.25, -0.2) is 0 Å². The van der Waals surface area contributed by atoms with E-state index in [-0.39, 0.29) is 31.1 Å². The molecule has 0 aromatic carbocycles. The normalized spacial score (nSPS) is 12.1. The number of hydrogen-bond acceptors (Lipinski definition) is 6. The van der Waals surface area contributed by atoms with Gasteiger partial charge in [0.25, 0.3) is 0 Å². The molecule has 6 heteroatoms. The zero-order valence-electron chi connectivity index (χ0n) is 38.1. The molecule has 0 spiro atoms. The SMILES string of the molecule is CCCCCCCC/C=C\CCCCCCCCCC(=O)OCC(COC(=O)CCCCCCCCC)OC(=O)CCCCCCC/C=C\CCCCCCCC. The fraction of sp³-hybridized carbons (Fsp3) is 0.863. The predicted molar refractivity (Wildman–Crippen MR) is 243 cm³/mol. The van der Waals surface area contributed by atoms with Gasteiger partial charge < -0.3 is 14.2 Å². The second-order valence-corrected chi connectivity index (χ2v) is 16.7. The van der Waals surface area contributed by atoms with Crippen molar-refractivity contribution in [2.24, 2.45) is 0 Å². The molecule has 0 saturated carbocycles. The summed E-state index contributed by atoms with van der Waals surface area (Å²) in [5.74, 6) is -0.885. The molecular formula is C51H94O6. The Balaban J connectivity index is 4.26. The Bertz CT molecular complexity index is 927. The first-order valence-electron chi connectivity index (χ1n) is 24.8. The highest BCUT2D eigenvalue weighted by atomic mass is 16.6. The van der Waals surface area contributed by atoms with Crippen LogP contribution in [0.25, 0.3) is 0 Å². The van der Waals surface area contributed by atoms with Gasteiger partial charge in [-0.3, -0.25) is 14.4 Å². The number of hydrogen-bond donors (Lipinski definition) is 0. The van der Waals surface area contributed by atoms with Gasteiger partial charge in [0, 0.05) is 19.3 Å². The Kier molecular flexibility index (Phi) is 44.9. The summed E-state index contributed by atoms with van der Waals surface area (Å²) in [6, 6.07) is 0.